The molecule has 0 aromatic heterocycles. The maximum Gasteiger partial charge on any atom is 0.264 e. The van der Waals surface area contributed by atoms with E-state index in [0.29, 0.717) is 32.4 Å². The first-order valence-corrected chi connectivity index (χ1v) is 14.4. The molecule has 36 heavy (non-hydrogen) atoms. The van der Waals surface area contributed by atoms with Gasteiger partial charge < -0.3 is 10.1 Å². The number of fused-ring (bicyclic) bond motifs is 1. The van der Waals surface area contributed by atoms with E-state index in [-0.39, 0.29) is 5.91 Å². The summed E-state index contributed by atoms with van der Waals surface area (Å²) in [5, 5.41) is 6.38. The Labute approximate surface area is 249 Å². The maximum absolute atomic E-state index is 12.6. The molecule has 1 saturated heterocycles. The molecule has 4 aromatic carbocycles. The maximum atomic E-state index is 12.6. The lowest BCUT2D eigenvalue weighted by Crippen LogP contribution is -2.19. The lowest BCUT2D eigenvalue weighted by Gasteiger charge is -2.13. The van der Waals surface area contributed by atoms with Crippen molar-refractivity contribution in [2.45, 2.75) is 6.61 Å². The van der Waals surface area contributed by atoms with Gasteiger partial charge in [0.2, 0.25) is 0 Å². The van der Waals surface area contributed by atoms with Crippen molar-refractivity contribution in [2.24, 2.45) is 4.99 Å². The topological polar surface area (TPSA) is 50.7 Å². The molecule has 0 radical (unpaired) electrons. The Morgan fingerprint density at radius 2 is 1.69 bits per heavy atom. The molecule has 1 aliphatic heterocycles. The summed E-state index contributed by atoms with van der Waals surface area (Å²) in [5.41, 5.74) is 2.54. The first kappa shape index (κ1) is 25.8. The molecule has 0 atom stereocenters. The zero-order chi connectivity index (χ0) is 25.2. The van der Waals surface area contributed by atoms with Crippen LogP contribution in [-0.2, 0) is 11.4 Å². The smallest absolute Gasteiger partial charge is 0.264 e. The van der Waals surface area contributed by atoms with Crippen LogP contribution in [0.15, 0.2) is 82.7 Å². The van der Waals surface area contributed by atoms with E-state index in [2.05, 4.69) is 85.8 Å². The quantitative estimate of drug-likeness (QED) is 0.164. The van der Waals surface area contributed by atoms with E-state index in [1.54, 1.807) is 18.2 Å². The van der Waals surface area contributed by atoms with Crippen molar-refractivity contribution in [1.29, 1.82) is 0 Å². The van der Waals surface area contributed by atoms with Crippen LogP contribution in [0.2, 0.25) is 10.0 Å². The predicted octanol–water partition coefficient (Wildman–Crippen LogP) is 8.83. The Kier molecular flexibility index (Phi) is 8.11. The summed E-state index contributed by atoms with van der Waals surface area (Å²) >= 11 is 18.1. The molecule has 1 amide bonds. The van der Waals surface area contributed by atoms with Gasteiger partial charge in [0.1, 0.15) is 12.4 Å². The Hall–Kier alpha value is -1.79. The van der Waals surface area contributed by atoms with E-state index in [9.17, 15) is 4.79 Å². The number of thioether (sulfide) groups is 1. The van der Waals surface area contributed by atoms with Gasteiger partial charge in [0.15, 0.2) is 5.17 Å². The third kappa shape index (κ3) is 5.70. The molecule has 0 saturated carbocycles. The van der Waals surface area contributed by atoms with Crippen LogP contribution in [0.1, 0.15) is 11.1 Å². The molecule has 1 heterocycles. The first-order chi connectivity index (χ1) is 17.4. The van der Waals surface area contributed by atoms with Crippen LogP contribution in [0.4, 0.5) is 5.69 Å². The van der Waals surface area contributed by atoms with Crippen molar-refractivity contribution in [3.05, 3.63) is 106 Å². The number of rotatable bonds is 5. The van der Waals surface area contributed by atoms with Crippen molar-refractivity contribution in [2.75, 3.05) is 0 Å². The lowest BCUT2D eigenvalue weighted by molar-refractivity contribution is -0.115. The molecule has 0 spiro atoms. The van der Waals surface area contributed by atoms with E-state index >= 15 is 0 Å². The SMILES string of the molecule is O=C1NC(=Nc2cccc(Cl)c2Cl)S/C1=C/c1cc(I)c(OCc2cccc3ccccc23)c(I)c1. The minimum absolute atomic E-state index is 0.210. The number of carbonyl (C=O) groups excluding carboxylic acids is 1. The minimum atomic E-state index is -0.210. The number of benzene rings is 4. The predicted molar refractivity (Wildman–Crippen MR) is 167 cm³/mol. The number of aliphatic imine (C=N–C) groups is 1. The molecule has 1 aliphatic rings. The first-order valence-electron chi connectivity index (χ1n) is 10.7. The fraction of sp³-hybridized carbons (Fsp3) is 0.0370. The average molecular weight is 757 g/mol. The minimum Gasteiger partial charge on any atom is -0.487 e. The number of ether oxygens (including phenoxy) is 1. The highest BCUT2D eigenvalue weighted by molar-refractivity contribution is 14.1. The van der Waals surface area contributed by atoms with Gasteiger partial charge in [-0.05, 0) is 109 Å². The summed E-state index contributed by atoms with van der Waals surface area (Å²) < 4.78 is 8.18. The molecule has 0 unspecified atom stereocenters. The standard InChI is InChI=1S/C27H16Cl2I2N2O2S/c28-19-9-4-10-22(24(19)29)32-27-33-26(34)23(36-27)13-15-11-20(30)25(21(31)12-15)35-14-17-7-3-6-16-5-1-2-8-18(16)17/h1-13H,14H2,(H,32,33,34)/b23-13+. The van der Waals surface area contributed by atoms with Crippen LogP contribution in [-0.4, -0.2) is 11.1 Å². The Bertz CT molecular complexity index is 1540. The van der Waals surface area contributed by atoms with Gasteiger partial charge in [0.05, 0.1) is 27.8 Å². The summed E-state index contributed by atoms with van der Waals surface area (Å²) in [6.07, 6.45) is 1.85. The highest BCUT2D eigenvalue weighted by Crippen LogP contribution is 2.36. The highest BCUT2D eigenvalue weighted by Gasteiger charge is 2.24. The zero-order valence-electron chi connectivity index (χ0n) is 18.4. The van der Waals surface area contributed by atoms with Crippen LogP contribution in [0.25, 0.3) is 16.8 Å². The van der Waals surface area contributed by atoms with Crippen LogP contribution >= 0.6 is 80.1 Å². The monoisotopic (exact) mass is 756 g/mol. The fourth-order valence-corrected chi connectivity index (χ4v) is 6.99. The van der Waals surface area contributed by atoms with Gasteiger partial charge in [0.25, 0.3) is 5.91 Å². The second-order valence-electron chi connectivity index (χ2n) is 7.80. The number of amidine groups is 1. The average Bonchev–Trinajstić information content (AvgIpc) is 3.20. The van der Waals surface area contributed by atoms with Crippen molar-refractivity contribution in [3.63, 3.8) is 0 Å². The number of halogens is 4. The molecule has 0 bridgehead atoms. The Balaban J connectivity index is 1.35. The number of hydrogen-bond acceptors (Lipinski definition) is 4. The van der Waals surface area contributed by atoms with Gasteiger partial charge in [0, 0.05) is 0 Å². The second kappa shape index (κ2) is 11.3. The van der Waals surface area contributed by atoms with Gasteiger partial charge >= 0.3 is 0 Å². The van der Waals surface area contributed by atoms with Crippen molar-refractivity contribution in [1.82, 2.24) is 5.32 Å². The van der Waals surface area contributed by atoms with Gasteiger partial charge in [-0.25, -0.2) is 4.99 Å². The Morgan fingerprint density at radius 1 is 0.972 bits per heavy atom. The summed E-state index contributed by atoms with van der Waals surface area (Å²) in [4.78, 5) is 17.6. The molecule has 0 aliphatic carbocycles. The number of nitrogens with zero attached hydrogens (tertiary/aromatic N) is 1. The fourth-order valence-electron chi connectivity index (χ4n) is 3.69. The highest BCUT2D eigenvalue weighted by atomic mass is 127. The summed E-state index contributed by atoms with van der Waals surface area (Å²) in [6, 6.07) is 23.7. The van der Waals surface area contributed by atoms with Gasteiger partial charge in [-0.15, -0.1) is 0 Å². The molecular formula is C27H16Cl2I2N2O2S. The molecule has 4 aromatic rings. The van der Waals surface area contributed by atoms with Crippen molar-refractivity contribution >= 4 is 114 Å². The molecule has 180 valence electrons. The number of nitrogens with one attached hydrogen (secondary N) is 1. The molecule has 4 nitrogen and oxygen atoms in total. The molecule has 1 N–H and O–H groups in total. The van der Waals surface area contributed by atoms with E-state index in [4.69, 9.17) is 27.9 Å². The van der Waals surface area contributed by atoms with E-state index in [1.165, 1.54) is 22.5 Å². The summed E-state index contributed by atoms with van der Waals surface area (Å²) in [7, 11) is 0. The number of amides is 1. The number of carbonyl (C=O) groups is 1. The zero-order valence-corrected chi connectivity index (χ0v) is 25.0. The molecular weight excluding hydrogens is 741 g/mol. The summed E-state index contributed by atoms with van der Waals surface area (Å²) in [6.45, 7) is 0.470. The third-order valence-electron chi connectivity index (χ3n) is 5.37. The van der Waals surface area contributed by atoms with Gasteiger partial charge in [-0.3, -0.25) is 4.79 Å². The van der Waals surface area contributed by atoms with Crippen LogP contribution in [0, 0.1) is 7.14 Å². The lowest BCUT2D eigenvalue weighted by atomic mass is 10.1. The molecule has 1 fully saturated rings. The summed E-state index contributed by atoms with van der Waals surface area (Å²) in [5.74, 6) is 0.617. The normalized spacial score (nSPS) is 15.6. The van der Waals surface area contributed by atoms with Gasteiger partial charge in [-0.2, -0.15) is 0 Å². The van der Waals surface area contributed by atoms with E-state index in [0.717, 1.165) is 24.0 Å². The Morgan fingerprint density at radius 3 is 2.50 bits per heavy atom. The van der Waals surface area contributed by atoms with E-state index < -0.39 is 0 Å². The number of hydrogen-bond donors (Lipinski definition) is 1. The second-order valence-corrected chi connectivity index (χ2v) is 11.9. The van der Waals surface area contributed by atoms with Crippen molar-refractivity contribution < 1.29 is 9.53 Å². The third-order valence-corrected chi connectivity index (χ3v) is 8.70. The largest absolute Gasteiger partial charge is 0.487 e. The van der Waals surface area contributed by atoms with Gasteiger partial charge in [-0.1, -0.05) is 71.7 Å². The van der Waals surface area contributed by atoms with Crippen LogP contribution < -0.4 is 10.1 Å². The van der Waals surface area contributed by atoms with Crippen LogP contribution in [0.5, 0.6) is 5.75 Å². The molecule has 5 rings (SSSR count). The molecule has 9 heteroatoms. The van der Waals surface area contributed by atoms with Crippen molar-refractivity contribution in [3.8, 4) is 5.75 Å². The van der Waals surface area contributed by atoms with E-state index in [1.807, 2.05) is 30.3 Å². The van der Waals surface area contributed by atoms with Crippen LogP contribution in [0.3, 0.4) is 0 Å².